The van der Waals surface area contributed by atoms with Gasteiger partial charge in [-0.05, 0) is 63.4 Å². The number of carbonyl (C=O) groups is 2. The summed E-state index contributed by atoms with van der Waals surface area (Å²) in [5, 5.41) is 3.07. The van der Waals surface area contributed by atoms with E-state index in [9.17, 15) is 9.59 Å². The van der Waals surface area contributed by atoms with Crippen LogP contribution in [0.1, 0.15) is 55.7 Å². The molecule has 0 aliphatic carbocycles. The number of amides is 2. The van der Waals surface area contributed by atoms with Gasteiger partial charge in [0.05, 0.1) is 13.2 Å². The van der Waals surface area contributed by atoms with Gasteiger partial charge in [0.1, 0.15) is 11.3 Å². The highest BCUT2D eigenvalue weighted by molar-refractivity contribution is 6.03. The molecule has 2 aliphatic rings. The summed E-state index contributed by atoms with van der Waals surface area (Å²) in [6.45, 7) is 11.1. The van der Waals surface area contributed by atoms with Crippen molar-refractivity contribution < 1.29 is 19.1 Å². The van der Waals surface area contributed by atoms with Crippen molar-refractivity contribution in [1.82, 2.24) is 14.4 Å². The van der Waals surface area contributed by atoms with E-state index in [0.717, 1.165) is 51.4 Å². The Hall–Kier alpha value is -2.84. The van der Waals surface area contributed by atoms with Crippen molar-refractivity contribution in [3.8, 4) is 0 Å². The number of anilines is 1. The van der Waals surface area contributed by atoms with Crippen LogP contribution in [0.25, 0.3) is 0 Å². The van der Waals surface area contributed by atoms with E-state index in [1.165, 1.54) is 5.56 Å². The van der Waals surface area contributed by atoms with Gasteiger partial charge in [-0.15, -0.1) is 0 Å². The van der Waals surface area contributed by atoms with Crippen molar-refractivity contribution in [3.63, 3.8) is 0 Å². The Morgan fingerprint density at radius 2 is 1.79 bits per heavy atom. The molecule has 2 saturated heterocycles. The Morgan fingerprint density at radius 3 is 2.50 bits per heavy atom. The number of hydrogen-bond acceptors (Lipinski definition) is 5. The van der Waals surface area contributed by atoms with Gasteiger partial charge in [-0.2, -0.15) is 0 Å². The van der Waals surface area contributed by atoms with Crippen molar-refractivity contribution in [2.24, 2.45) is 0 Å². The number of nitrogens with one attached hydrogen (secondary N) is 1. The molecule has 1 aromatic heterocycles. The van der Waals surface area contributed by atoms with Crippen molar-refractivity contribution in [2.45, 2.75) is 51.8 Å². The average molecular weight is 469 g/mol. The molecule has 2 aliphatic heterocycles. The SMILES string of the molecule is CC(C)(C)OC(=O)N1CCC(n2cccc2C(=O)Nc2cccc(CN3CCOCC3)c2)CC1. The zero-order valence-corrected chi connectivity index (χ0v) is 20.5. The van der Waals surface area contributed by atoms with Crippen molar-refractivity contribution in [1.29, 1.82) is 0 Å². The van der Waals surface area contributed by atoms with E-state index in [0.29, 0.717) is 18.8 Å². The predicted octanol–water partition coefficient (Wildman–Crippen LogP) is 4.14. The molecule has 0 radical (unpaired) electrons. The third-order valence-electron chi connectivity index (χ3n) is 6.22. The second kappa shape index (κ2) is 10.6. The normalized spacial score (nSPS) is 18.0. The van der Waals surface area contributed by atoms with Gasteiger partial charge >= 0.3 is 6.09 Å². The van der Waals surface area contributed by atoms with Crippen LogP contribution in [0.2, 0.25) is 0 Å². The zero-order chi connectivity index (χ0) is 24.1. The first-order chi connectivity index (χ1) is 16.3. The number of rotatable bonds is 5. The van der Waals surface area contributed by atoms with Crippen LogP contribution in [-0.2, 0) is 16.0 Å². The fourth-order valence-corrected chi connectivity index (χ4v) is 4.52. The molecule has 34 heavy (non-hydrogen) atoms. The van der Waals surface area contributed by atoms with Crippen molar-refractivity contribution in [2.75, 3.05) is 44.7 Å². The number of morpholine rings is 1. The van der Waals surface area contributed by atoms with Gasteiger partial charge in [-0.25, -0.2) is 4.79 Å². The van der Waals surface area contributed by atoms with E-state index in [4.69, 9.17) is 9.47 Å². The molecule has 8 heteroatoms. The van der Waals surface area contributed by atoms with Crippen molar-refractivity contribution >= 4 is 17.7 Å². The van der Waals surface area contributed by atoms with E-state index in [-0.39, 0.29) is 18.0 Å². The molecule has 2 amide bonds. The fourth-order valence-electron chi connectivity index (χ4n) is 4.52. The number of likely N-dealkylation sites (tertiary alicyclic amines) is 1. The van der Waals surface area contributed by atoms with E-state index >= 15 is 0 Å². The second-order valence-electron chi connectivity index (χ2n) is 10.0. The molecule has 184 valence electrons. The lowest BCUT2D eigenvalue weighted by atomic mass is 10.0. The smallest absolute Gasteiger partial charge is 0.410 e. The number of hydrogen-bond donors (Lipinski definition) is 1. The second-order valence-corrected chi connectivity index (χ2v) is 10.0. The molecule has 0 saturated carbocycles. The molecular weight excluding hydrogens is 432 g/mol. The van der Waals surface area contributed by atoms with Gasteiger partial charge < -0.3 is 24.3 Å². The van der Waals surface area contributed by atoms with Crippen LogP contribution >= 0.6 is 0 Å². The number of nitrogens with zero attached hydrogens (tertiary/aromatic N) is 3. The third kappa shape index (κ3) is 6.39. The van der Waals surface area contributed by atoms with Crippen LogP contribution in [0.15, 0.2) is 42.6 Å². The predicted molar refractivity (Wildman–Crippen MR) is 131 cm³/mol. The summed E-state index contributed by atoms with van der Waals surface area (Å²) in [4.78, 5) is 29.6. The van der Waals surface area contributed by atoms with Crippen LogP contribution in [0.4, 0.5) is 10.5 Å². The Labute approximate surface area is 201 Å². The molecule has 8 nitrogen and oxygen atoms in total. The lowest BCUT2D eigenvalue weighted by molar-refractivity contribution is 0.0187. The van der Waals surface area contributed by atoms with Gasteiger partial charge in [-0.1, -0.05) is 12.1 Å². The molecule has 3 heterocycles. The number of benzene rings is 1. The molecule has 1 N–H and O–H groups in total. The minimum Gasteiger partial charge on any atom is -0.444 e. The minimum atomic E-state index is -0.501. The van der Waals surface area contributed by atoms with Gasteiger partial charge in [0.25, 0.3) is 5.91 Å². The summed E-state index contributed by atoms with van der Waals surface area (Å²) in [6.07, 6.45) is 3.25. The van der Waals surface area contributed by atoms with Gasteiger partial charge in [0.2, 0.25) is 0 Å². The molecule has 0 unspecified atom stereocenters. The Kier molecular flexibility index (Phi) is 7.58. The summed E-state index contributed by atoms with van der Waals surface area (Å²) >= 11 is 0. The molecule has 0 atom stereocenters. The molecular formula is C26H36N4O4. The Bertz CT molecular complexity index is 983. The summed E-state index contributed by atoms with van der Waals surface area (Å²) in [5.74, 6) is -0.122. The number of piperidine rings is 1. The average Bonchev–Trinajstić information content (AvgIpc) is 3.29. The van der Waals surface area contributed by atoms with Gasteiger partial charge in [0.15, 0.2) is 0 Å². The number of aromatic nitrogens is 1. The maximum Gasteiger partial charge on any atom is 0.410 e. The summed E-state index contributed by atoms with van der Waals surface area (Å²) in [6, 6.07) is 12.0. The summed E-state index contributed by atoms with van der Waals surface area (Å²) in [5.41, 5.74) is 2.10. The maximum atomic E-state index is 13.1. The Morgan fingerprint density at radius 1 is 1.06 bits per heavy atom. The van der Waals surface area contributed by atoms with E-state index in [2.05, 4.69) is 16.3 Å². The molecule has 2 fully saturated rings. The van der Waals surface area contributed by atoms with Crippen LogP contribution in [0, 0.1) is 0 Å². The highest BCUT2D eigenvalue weighted by atomic mass is 16.6. The van der Waals surface area contributed by atoms with Gasteiger partial charge in [0, 0.05) is 50.6 Å². The lowest BCUT2D eigenvalue weighted by Gasteiger charge is -2.34. The summed E-state index contributed by atoms with van der Waals surface area (Å²) in [7, 11) is 0. The van der Waals surface area contributed by atoms with Crippen LogP contribution in [-0.4, -0.2) is 71.4 Å². The van der Waals surface area contributed by atoms with E-state index in [1.54, 1.807) is 4.90 Å². The number of ether oxygens (including phenoxy) is 2. The molecule has 4 rings (SSSR count). The largest absolute Gasteiger partial charge is 0.444 e. The molecule has 2 aromatic rings. The summed E-state index contributed by atoms with van der Waals surface area (Å²) < 4.78 is 13.0. The highest BCUT2D eigenvalue weighted by Gasteiger charge is 2.28. The Balaban J connectivity index is 1.35. The molecule has 0 bridgehead atoms. The highest BCUT2D eigenvalue weighted by Crippen LogP contribution is 2.26. The molecule has 1 aromatic carbocycles. The standard InChI is InChI=1S/C26H36N4O4/c1-26(2,3)34-25(32)29-12-9-22(10-13-29)30-11-5-8-23(30)24(31)27-21-7-4-6-20(18-21)19-28-14-16-33-17-15-28/h4-8,11,18,22H,9-10,12-17,19H2,1-3H3,(H,27,31). The minimum absolute atomic E-state index is 0.122. The van der Waals surface area contributed by atoms with Crippen molar-refractivity contribution in [3.05, 3.63) is 53.9 Å². The molecule has 0 spiro atoms. The third-order valence-corrected chi connectivity index (χ3v) is 6.22. The first-order valence-electron chi connectivity index (χ1n) is 12.1. The van der Waals surface area contributed by atoms with Crippen LogP contribution in [0.3, 0.4) is 0 Å². The van der Waals surface area contributed by atoms with Crippen LogP contribution < -0.4 is 5.32 Å². The first-order valence-corrected chi connectivity index (χ1v) is 12.1. The quantitative estimate of drug-likeness (QED) is 0.714. The zero-order valence-electron chi connectivity index (χ0n) is 20.5. The monoisotopic (exact) mass is 468 g/mol. The van der Waals surface area contributed by atoms with Gasteiger partial charge in [-0.3, -0.25) is 9.69 Å². The number of carbonyl (C=O) groups excluding carboxylic acids is 2. The lowest BCUT2D eigenvalue weighted by Crippen LogP contribution is -2.42. The van der Waals surface area contributed by atoms with E-state index in [1.807, 2.05) is 61.9 Å². The fraction of sp³-hybridized carbons (Fsp3) is 0.538. The van der Waals surface area contributed by atoms with Crippen LogP contribution in [0.5, 0.6) is 0 Å². The topological polar surface area (TPSA) is 76.0 Å². The van der Waals surface area contributed by atoms with E-state index < -0.39 is 5.60 Å². The maximum absolute atomic E-state index is 13.1. The first kappa shape index (κ1) is 24.3.